The lowest BCUT2D eigenvalue weighted by molar-refractivity contribution is 0.0584. The van der Waals surface area contributed by atoms with Crippen LogP contribution in [0.25, 0.3) is 0 Å². The molecule has 2 nitrogen and oxygen atoms in total. The van der Waals surface area contributed by atoms with Crippen molar-refractivity contribution in [2.75, 3.05) is 6.61 Å². The van der Waals surface area contributed by atoms with E-state index in [4.69, 9.17) is 4.74 Å². The smallest absolute Gasteiger partial charge is 0.196 e. The fraction of sp³-hybridized carbons (Fsp3) is 0.235. The average molecular weight is 256 g/mol. The molecular weight excluding hydrogens is 236 g/mol. The number of ketones is 1. The zero-order valence-corrected chi connectivity index (χ0v) is 11.5. The van der Waals surface area contributed by atoms with Gasteiger partial charge in [-0.15, -0.1) is 0 Å². The van der Waals surface area contributed by atoms with Crippen LogP contribution in [0.4, 0.5) is 0 Å². The van der Waals surface area contributed by atoms with Crippen molar-refractivity contribution in [1.29, 1.82) is 0 Å². The zero-order chi connectivity index (χ0) is 14.1. The standard InChI is InChI=1S/C17H20O2/c1-4-6-8-11-14(3)17(19-5-2)16(18)15-12-9-7-10-13-15/h4,6-13,17H,3,5H2,1-2H3/b6-4-,11-8-. The minimum Gasteiger partial charge on any atom is -0.366 e. The minimum absolute atomic E-state index is 0.0578. The van der Waals surface area contributed by atoms with Crippen LogP contribution in [0.2, 0.25) is 0 Å². The third-order valence-electron chi connectivity index (χ3n) is 2.58. The van der Waals surface area contributed by atoms with Gasteiger partial charge in [-0.1, -0.05) is 61.2 Å². The predicted octanol–water partition coefficient (Wildman–Crippen LogP) is 3.96. The van der Waals surface area contributed by atoms with Crippen molar-refractivity contribution in [3.63, 3.8) is 0 Å². The van der Waals surface area contributed by atoms with Gasteiger partial charge in [0.2, 0.25) is 0 Å². The van der Waals surface area contributed by atoms with E-state index < -0.39 is 6.10 Å². The first-order valence-corrected chi connectivity index (χ1v) is 6.39. The van der Waals surface area contributed by atoms with Gasteiger partial charge in [0.15, 0.2) is 5.78 Å². The highest BCUT2D eigenvalue weighted by atomic mass is 16.5. The van der Waals surface area contributed by atoms with Crippen molar-refractivity contribution in [3.8, 4) is 0 Å². The maximum absolute atomic E-state index is 12.4. The maximum atomic E-state index is 12.4. The van der Waals surface area contributed by atoms with Crippen LogP contribution in [0.5, 0.6) is 0 Å². The summed E-state index contributed by atoms with van der Waals surface area (Å²) in [6, 6.07) is 9.14. The van der Waals surface area contributed by atoms with Gasteiger partial charge in [-0.25, -0.2) is 0 Å². The lowest BCUT2D eigenvalue weighted by Crippen LogP contribution is -2.25. The molecule has 2 heteroatoms. The second-order valence-electron chi connectivity index (χ2n) is 4.03. The second kappa shape index (κ2) is 8.22. The first-order valence-electron chi connectivity index (χ1n) is 6.39. The van der Waals surface area contributed by atoms with Crippen molar-refractivity contribution in [3.05, 3.63) is 72.4 Å². The summed E-state index contributed by atoms with van der Waals surface area (Å²) in [7, 11) is 0. The second-order valence-corrected chi connectivity index (χ2v) is 4.03. The molecule has 1 rings (SSSR count). The number of rotatable bonds is 7. The monoisotopic (exact) mass is 256 g/mol. The molecule has 1 atom stereocenters. The van der Waals surface area contributed by atoms with Crippen molar-refractivity contribution < 1.29 is 9.53 Å². The topological polar surface area (TPSA) is 26.3 Å². The van der Waals surface area contributed by atoms with Crippen molar-refractivity contribution in [2.24, 2.45) is 0 Å². The Morgan fingerprint density at radius 1 is 1.32 bits per heavy atom. The van der Waals surface area contributed by atoms with Gasteiger partial charge in [-0.2, -0.15) is 0 Å². The molecule has 19 heavy (non-hydrogen) atoms. The molecular formula is C17H20O2. The third kappa shape index (κ3) is 4.68. The van der Waals surface area contributed by atoms with E-state index in [-0.39, 0.29) is 5.78 Å². The molecule has 0 amide bonds. The summed E-state index contributed by atoms with van der Waals surface area (Å²) >= 11 is 0. The lowest BCUT2D eigenvalue weighted by atomic mass is 10.0. The van der Waals surface area contributed by atoms with E-state index in [1.165, 1.54) is 0 Å². The number of Topliss-reactive ketones (excluding diaryl/α,β-unsaturated/α-hetero) is 1. The molecule has 0 heterocycles. The van der Waals surface area contributed by atoms with Crippen molar-refractivity contribution in [1.82, 2.24) is 0 Å². The first kappa shape index (κ1) is 15.1. The van der Waals surface area contributed by atoms with E-state index >= 15 is 0 Å². The zero-order valence-electron chi connectivity index (χ0n) is 11.5. The van der Waals surface area contributed by atoms with Crippen LogP contribution >= 0.6 is 0 Å². The minimum atomic E-state index is -0.617. The molecule has 0 fully saturated rings. The molecule has 0 N–H and O–H groups in total. The fourth-order valence-corrected chi connectivity index (χ4v) is 1.65. The molecule has 0 aliphatic heterocycles. The van der Waals surface area contributed by atoms with Gasteiger partial charge in [0, 0.05) is 12.2 Å². The Bertz CT molecular complexity index is 469. The molecule has 0 aliphatic carbocycles. The van der Waals surface area contributed by atoms with Gasteiger partial charge in [0.25, 0.3) is 0 Å². The van der Waals surface area contributed by atoms with Crippen molar-refractivity contribution >= 4 is 5.78 Å². The molecule has 0 spiro atoms. The molecule has 0 saturated heterocycles. The highest BCUT2D eigenvalue weighted by molar-refractivity contribution is 6.01. The Kier molecular flexibility index (Phi) is 6.55. The van der Waals surface area contributed by atoms with E-state index in [0.29, 0.717) is 17.7 Å². The number of hydrogen-bond donors (Lipinski definition) is 0. The molecule has 1 unspecified atom stereocenters. The number of carbonyl (C=O) groups is 1. The van der Waals surface area contributed by atoms with Gasteiger partial charge >= 0.3 is 0 Å². The van der Waals surface area contributed by atoms with Crippen LogP contribution in [-0.4, -0.2) is 18.5 Å². The highest BCUT2D eigenvalue weighted by Gasteiger charge is 2.21. The summed E-state index contributed by atoms with van der Waals surface area (Å²) in [5.74, 6) is -0.0578. The molecule has 0 aliphatic rings. The predicted molar refractivity (Wildman–Crippen MR) is 79.3 cm³/mol. The number of hydrogen-bond acceptors (Lipinski definition) is 2. The summed E-state index contributed by atoms with van der Waals surface area (Å²) in [6.45, 7) is 8.20. The Labute approximate surface area is 115 Å². The van der Waals surface area contributed by atoms with E-state index in [0.717, 1.165) is 0 Å². The Hall–Kier alpha value is -1.93. The number of carbonyl (C=O) groups excluding carboxylic acids is 1. The van der Waals surface area contributed by atoms with Gasteiger partial charge < -0.3 is 4.74 Å². The fourth-order valence-electron chi connectivity index (χ4n) is 1.65. The Balaban J connectivity index is 2.88. The van der Waals surface area contributed by atoms with E-state index in [1.54, 1.807) is 18.2 Å². The van der Waals surface area contributed by atoms with Gasteiger partial charge in [-0.05, 0) is 19.4 Å². The van der Waals surface area contributed by atoms with Gasteiger partial charge in [0.1, 0.15) is 6.10 Å². The summed E-state index contributed by atoms with van der Waals surface area (Å²) in [4.78, 5) is 12.4. The normalized spacial score (nSPS) is 12.9. The Morgan fingerprint density at radius 3 is 2.58 bits per heavy atom. The molecule has 0 radical (unpaired) electrons. The van der Waals surface area contributed by atoms with Crippen molar-refractivity contribution in [2.45, 2.75) is 20.0 Å². The first-order chi connectivity index (χ1) is 9.20. The van der Waals surface area contributed by atoms with E-state index in [9.17, 15) is 4.79 Å². The third-order valence-corrected chi connectivity index (χ3v) is 2.58. The molecule has 0 bridgehead atoms. The number of benzene rings is 1. The number of allylic oxidation sites excluding steroid dienone is 3. The molecule has 0 saturated carbocycles. The van der Waals surface area contributed by atoms with Crippen LogP contribution in [0.3, 0.4) is 0 Å². The van der Waals surface area contributed by atoms with Crippen LogP contribution in [0.15, 0.2) is 66.8 Å². The molecule has 0 aromatic heterocycles. The van der Waals surface area contributed by atoms with E-state index in [2.05, 4.69) is 6.58 Å². The summed E-state index contributed by atoms with van der Waals surface area (Å²) in [5, 5.41) is 0. The average Bonchev–Trinajstić information content (AvgIpc) is 2.45. The highest BCUT2D eigenvalue weighted by Crippen LogP contribution is 2.14. The molecule has 1 aromatic carbocycles. The summed E-state index contributed by atoms with van der Waals surface area (Å²) in [5.41, 5.74) is 1.30. The largest absolute Gasteiger partial charge is 0.366 e. The molecule has 100 valence electrons. The van der Waals surface area contributed by atoms with E-state index in [1.807, 2.05) is 50.3 Å². The number of ether oxygens (including phenoxy) is 1. The SMILES string of the molecule is C=C(/C=C\C=C/C)C(OCC)C(=O)c1ccccc1. The van der Waals surface area contributed by atoms with Gasteiger partial charge in [0.05, 0.1) is 0 Å². The van der Waals surface area contributed by atoms with Crippen LogP contribution in [0.1, 0.15) is 24.2 Å². The lowest BCUT2D eigenvalue weighted by Gasteiger charge is -2.16. The van der Waals surface area contributed by atoms with Gasteiger partial charge in [-0.3, -0.25) is 4.79 Å². The Morgan fingerprint density at radius 2 is 2.00 bits per heavy atom. The molecule has 1 aromatic rings. The summed E-state index contributed by atoms with van der Waals surface area (Å²) in [6.07, 6.45) is 6.85. The quantitative estimate of drug-likeness (QED) is 0.545. The van der Waals surface area contributed by atoms with Crippen LogP contribution in [0, 0.1) is 0 Å². The van der Waals surface area contributed by atoms with Crippen LogP contribution in [-0.2, 0) is 4.74 Å². The maximum Gasteiger partial charge on any atom is 0.196 e. The summed E-state index contributed by atoms with van der Waals surface area (Å²) < 4.78 is 5.53. The van der Waals surface area contributed by atoms with Crippen LogP contribution < -0.4 is 0 Å².